The third-order valence-corrected chi connectivity index (χ3v) is 3.57. The van der Waals surface area contributed by atoms with Gasteiger partial charge >= 0.3 is 0 Å². The van der Waals surface area contributed by atoms with E-state index >= 15 is 0 Å². The lowest BCUT2D eigenvalue weighted by atomic mass is 9.97. The molecule has 92 valence electrons. The molecule has 0 aromatic heterocycles. The highest BCUT2D eigenvalue weighted by molar-refractivity contribution is 5.79. The maximum atomic E-state index is 12.0. The van der Waals surface area contributed by atoms with Crippen molar-refractivity contribution in [1.82, 2.24) is 10.6 Å². The fourth-order valence-corrected chi connectivity index (χ4v) is 2.28. The van der Waals surface area contributed by atoms with E-state index in [2.05, 4.69) is 36.6 Å². The molecular weight excluding hydrogens is 212 g/mol. The van der Waals surface area contributed by atoms with Crippen LogP contribution in [-0.4, -0.2) is 19.0 Å². The van der Waals surface area contributed by atoms with Gasteiger partial charge in [0.05, 0.1) is 5.92 Å². The molecule has 3 nitrogen and oxygen atoms in total. The van der Waals surface area contributed by atoms with Crippen LogP contribution in [0.3, 0.4) is 0 Å². The molecule has 2 N–H and O–H groups in total. The minimum atomic E-state index is 0.124. The Bertz CT molecular complexity index is 403. The maximum Gasteiger partial charge on any atom is 0.224 e. The molecule has 0 bridgehead atoms. The minimum Gasteiger partial charge on any atom is -0.352 e. The normalized spacial score (nSPS) is 23.6. The molecule has 1 heterocycles. The zero-order valence-corrected chi connectivity index (χ0v) is 10.5. The number of nitrogens with one attached hydrogen (secondary N) is 2. The van der Waals surface area contributed by atoms with E-state index in [-0.39, 0.29) is 11.8 Å². The summed E-state index contributed by atoms with van der Waals surface area (Å²) in [6, 6.07) is 8.16. The van der Waals surface area contributed by atoms with Gasteiger partial charge in [-0.05, 0) is 30.5 Å². The lowest BCUT2D eigenvalue weighted by Gasteiger charge is -2.14. The Balaban J connectivity index is 1.90. The number of hydrogen-bond acceptors (Lipinski definition) is 2. The highest BCUT2D eigenvalue weighted by atomic mass is 16.1. The molecule has 2 rings (SSSR count). The van der Waals surface area contributed by atoms with Crippen LogP contribution >= 0.6 is 0 Å². The van der Waals surface area contributed by atoms with E-state index < -0.39 is 0 Å². The summed E-state index contributed by atoms with van der Waals surface area (Å²) in [5, 5.41) is 6.28. The smallest absolute Gasteiger partial charge is 0.224 e. The summed E-state index contributed by atoms with van der Waals surface area (Å²) in [6.45, 7) is 6.58. The third-order valence-electron chi connectivity index (χ3n) is 3.57. The van der Waals surface area contributed by atoms with Gasteiger partial charge in [-0.1, -0.05) is 31.2 Å². The first-order chi connectivity index (χ1) is 8.18. The predicted octanol–water partition coefficient (Wildman–Crippen LogP) is 1.47. The van der Waals surface area contributed by atoms with Crippen LogP contribution in [0.2, 0.25) is 0 Å². The molecule has 0 radical (unpaired) electrons. The highest BCUT2D eigenvalue weighted by Gasteiger charge is 2.29. The molecule has 3 heteroatoms. The van der Waals surface area contributed by atoms with Crippen LogP contribution in [0, 0.1) is 18.8 Å². The van der Waals surface area contributed by atoms with Crippen LogP contribution in [-0.2, 0) is 11.3 Å². The van der Waals surface area contributed by atoms with Crippen LogP contribution in [0.4, 0.5) is 0 Å². The lowest BCUT2D eigenvalue weighted by molar-refractivity contribution is -0.125. The van der Waals surface area contributed by atoms with E-state index in [0.29, 0.717) is 12.5 Å². The number of amides is 1. The first-order valence-electron chi connectivity index (χ1n) is 6.21. The zero-order chi connectivity index (χ0) is 12.3. The molecule has 1 aliphatic heterocycles. The van der Waals surface area contributed by atoms with Gasteiger partial charge in [-0.25, -0.2) is 0 Å². The number of carbonyl (C=O) groups is 1. The molecule has 17 heavy (non-hydrogen) atoms. The van der Waals surface area contributed by atoms with Crippen molar-refractivity contribution in [2.75, 3.05) is 13.1 Å². The number of carbonyl (C=O) groups excluding carboxylic acids is 1. The Hall–Kier alpha value is -1.35. The van der Waals surface area contributed by atoms with E-state index in [9.17, 15) is 4.79 Å². The van der Waals surface area contributed by atoms with Crippen LogP contribution in [0.1, 0.15) is 18.1 Å². The molecule has 0 spiro atoms. The van der Waals surface area contributed by atoms with E-state index in [0.717, 1.165) is 13.1 Å². The van der Waals surface area contributed by atoms with Gasteiger partial charge in [-0.15, -0.1) is 0 Å². The van der Waals surface area contributed by atoms with Gasteiger partial charge in [0.15, 0.2) is 0 Å². The van der Waals surface area contributed by atoms with Crippen LogP contribution in [0.25, 0.3) is 0 Å². The van der Waals surface area contributed by atoms with Crippen LogP contribution < -0.4 is 10.6 Å². The van der Waals surface area contributed by atoms with Crippen molar-refractivity contribution >= 4 is 5.91 Å². The molecule has 0 aliphatic carbocycles. The fourth-order valence-electron chi connectivity index (χ4n) is 2.28. The zero-order valence-electron chi connectivity index (χ0n) is 10.5. The van der Waals surface area contributed by atoms with E-state index in [1.54, 1.807) is 0 Å². The summed E-state index contributed by atoms with van der Waals surface area (Å²) in [5.41, 5.74) is 2.42. The molecule has 1 aromatic rings. The van der Waals surface area contributed by atoms with Crippen molar-refractivity contribution in [1.29, 1.82) is 0 Å². The van der Waals surface area contributed by atoms with Gasteiger partial charge < -0.3 is 10.6 Å². The van der Waals surface area contributed by atoms with Gasteiger partial charge in [0.25, 0.3) is 0 Å². The first kappa shape index (κ1) is 12.1. The third kappa shape index (κ3) is 2.86. The van der Waals surface area contributed by atoms with Crippen molar-refractivity contribution < 1.29 is 4.79 Å². The summed E-state index contributed by atoms with van der Waals surface area (Å²) in [6.07, 6.45) is 0. The second kappa shape index (κ2) is 5.32. The SMILES string of the molecule is Cc1ccccc1CNC(=O)C1CNCC1C. The quantitative estimate of drug-likeness (QED) is 0.828. The van der Waals surface area contributed by atoms with Gasteiger partial charge in [0.2, 0.25) is 5.91 Å². The monoisotopic (exact) mass is 232 g/mol. The minimum absolute atomic E-state index is 0.124. The Morgan fingerprint density at radius 2 is 2.18 bits per heavy atom. The average Bonchev–Trinajstić information content (AvgIpc) is 2.74. The number of hydrogen-bond donors (Lipinski definition) is 2. The number of aryl methyl sites for hydroxylation is 1. The lowest BCUT2D eigenvalue weighted by Crippen LogP contribution is -2.34. The number of benzene rings is 1. The molecule has 1 saturated heterocycles. The van der Waals surface area contributed by atoms with Gasteiger partial charge in [0, 0.05) is 13.1 Å². The van der Waals surface area contributed by atoms with Crippen molar-refractivity contribution in [3.63, 3.8) is 0 Å². The highest BCUT2D eigenvalue weighted by Crippen LogP contribution is 2.16. The van der Waals surface area contributed by atoms with Crippen molar-refractivity contribution in [3.8, 4) is 0 Å². The standard InChI is InChI=1S/C14H20N2O/c1-10-5-3-4-6-12(10)8-16-14(17)13-9-15-7-11(13)2/h3-6,11,13,15H,7-9H2,1-2H3,(H,16,17). The van der Waals surface area contributed by atoms with E-state index in [4.69, 9.17) is 0 Å². The predicted molar refractivity (Wildman–Crippen MR) is 68.5 cm³/mol. The summed E-state index contributed by atoms with van der Waals surface area (Å²) in [5.74, 6) is 0.733. The van der Waals surface area contributed by atoms with Gasteiger partial charge in [-0.2, -0.15) is 0 Å². The Morgan fingerprint density at radius 3 is 2.82 bits per heavy atom. The largest absolute Gasteiger partial charge is 0.352 e. The van der Waals surface area contributed by atoms with Crippen molar-refractivity contribution in [2.45, 2.75) is 20.4 Å². The molecule has 0 saturated carbocycles. The molecule has 1 fully saturated rings. The molecule has 1 aromatic carbocycles. The average molecular weight is 232 g/mol. The molecule has 2 unspecified atom stereocenters. The Labute approximate surface area is 103 Å². The Morgan fingerprint density at radius 1 is 1.41 bits per heavy atom. The molecule has 1 aliphatic rings. The van der Waals surface area contributed by atoms with Gasteiger partial charge in [0.1, 0.15) is 0 Å². The van der Waals surface area contributed by atoms with Crippen LogP contribution in [0.15, 0.2) is 24.3 Å². The van der Waals surface area contributed by atoms with E-state index in [1.165, 1.54) is 11.1 Å². The molecule has 1 amide bonds. The number of rotatable bonds is 3. The summed E-state index contributed by atoms with van der Waals surface area (Å²) in [7, 11) is 0. The fraction of sp³-hybridized carbons (Fsp3) is 0.500. The second-order valence-corrected chi connectivity index (χ2v) is 4.89. The maximum absolute atomic E-state index is 12.0. The van der Waals surface area contributed by atoms with Crippen molar-refractivity contribution in [3.05, 3.63) is 35.4 Å². The second-order valence-electron chi connectivity index (χ2n) is 4.89. The van der Waals surface area contributed by atoms with Crippen LogP contribution in [0.5, 0.6) is 0 Å². The summed E-state index contributed by atoms with van der Waals surface area (Å²) >= 11 is 0. The van der Waals surface area contributed by atoms with E-state index in [1.807, 2.05) is 12.1 Å². The Kier molecular flexibility index (Phi) is 3.79. The van der Waals surface area contributed by atoms with Crippen molar-refractivity contribution in [2.24, 2.45) is 11.8 Å². The molecule has 2 atom stereocenters. The topological polar surface area (TPSA) is 41.1 Å². The molecular formula is C14H20N2O. The first-order valence-corrected chi connectivity index (χ1v) is 6.21. The van der Waals surface area contributed by atoms with Gasteiger partial charge in [-0.3, -0.25) is 4.79 Å². The summed E-state index contributed by atoms with van der Waals surface area (Å²) in [4.78, 5) is 12.0. The summed E-state index contributed by atoms with van der Waals surface area (Å²) < 4.78 is 0.